The van der Waals surface area contributed by atoms with Gasteiger partial charge in [0, 0.05) is 30.3 Å². The third-order valence-electron chi connectivity index (χ3n) is 5.22. The number of hydrogen-bond acceptors (Lipinski definition) is 5. The van der Waals surface area contributed by atoms with Crippen LogP contribution in [0.1, 0.15) is 42.3 Å². The first kappa shape index (κ1) is 19.8. The molecule has 0 radical (unpaired) electrons. The number of hydrogen-bond donors (Lipinski definition) is 1. The van der Waals surface area contributed by atoms with Crippen LogP contribution >= 0.6 is 22.9 Å². The number of aromatic nitrogens is 1. The normalized spacial score (nSPS) is 18.9. The van der Waals surface area contributed by atoms with Gasteiger partial charge in [-0.05, 0) is 37.8 Å². The van der Waals surface area contributed by atoms with Gasteiger partial charge in [-0.15, -0.1) is 11.3 Å². The number of nitrogens with zero attached hydrogens (tertiary/aromatic N) is 2. The lowest BCUT2D eigenvalue weighted by molar-refractivity contribution is -0.122. The van der Waals surface area contributed by atoms with E-state index in [1.54, 1.807) is 35.6 Å². The number of carbonyl (C=O) groups excluding carboxylic acids is 1. The molecule has 0 unspecified atom stereocenters. The maximum absolute atomic E-state index is 12.9. The molecular formula is C19H22ClN3O3S2. The molecular weight excluding hydrogens is 418 g/mol. The van der Waals surface area contributed by atoms with Crippen LogP contribution in [0, 0.1) is 5.92 Å². The Kier molecular flexibility index (Phi) is 5.73. The molecule has 1 aromatic heterocycles. The third kappa shape index (κ3) is 4.25. The second kappa shape index (κ2) is 8.10. The zero-order valence-electron chi connectivity index (χ0n) is 15.3. The maximum Gasteiger partial charge on any atom is 0.244 e. The van der Waals surface area contributed by atoms with E-state index in [0.29, 0.717) is 19.6 Å². The van der Waals surface area contributed by atoms with Gasteiger partial charge in [-0.2, -0.15) is 4.31 Å². The minimum absolute atomic E-state index is 0.118. The molecule has 1 saturated heterocycles. The minimum atomic E-state index is -3.58. The molecule has 6 nitrogen and oxygen atoms in total. The maximum atomic E-state index is 12.9. The summed E-state index contributed by atoms with van der Waals surface area (Å²) in [6.07, 6.45) is 3.43. The number of sulfonamides is 1. The van der Waals surface area contributed by atoms with Crippen molar-refractivity contribution in [2.24, 2.45) is 5.92 Å². The van der Waals surface area contributed by atoms with Crippen molar-refractivity contribution >= 4 is 38.9 Å². The SMILES string of the molecule is O=C(NCc1csc(C2CCN(S(=O)(=O)c3ccccc3Cl)CC2)n1)C1CC1. The quantitative estimate of drug-likeness (QED) is 0.748. The number of piperidine rings is 1. The topological polar surface area (TPSA) is 79.4 Å². The van der Waals surface area contributed by atoms with E-state index in [1.807, 2.05) is 5.38 Å². The molecule has 0 spiro atoms. The van der Waals surface area contributed by atoms with Gasteiger partial charge in [-0.3, -0.25) is 4.79 Å². The van der Waals surface area contributed by atoms with Crippen molar-refractivity contribution in [2.45, 2.75) is 43.0 Å². The highest BCUT2D eigenvalue weighted by Crippen LogP contribution is 2.34. The molecule has 2 fully saturated rings. The molecule has 2 aromatic rings. The molecule has 2 aliphatic rings. The summed E-state index contributed by atoms with van der Waals surface area (Å²) in [7, 11) is -3.58. The van der Waals surface area contributed by atoms with Crippen molar-refractivity contribution in [2.75, 3.05) is 13.1 Å². The number of halogens is 1. The summed E-state index contributed by atoms with van der Waals surface area (Å²) in [6.45, 7) is 1.36. The molecule has 4 rings (SSSR count). The second-order valence-electron chi connectivity index (χ2n) is 7.28. The van der Waals surface area contributed by atoms with Crippen LogP contribution in [0.3, 0.4) is 0 Å². The molecule has 1 amide bonds. The van der Waals surface area contributed by atoms with E-state index in [2.05, 4.69) is 10.3 Å². The van der Waals surface area contributed by atoms with Crippen molar-refractivity contribution in [3.05, 3.63) is 45.4 Å². The highest BCUT2D eigenvalue weighted by atomic mass is 35.5. The lowest BCUT2D eigenvalue weighted by Gasteiger charge is -2.30. The van der Waals surface area contributed by atoms with Crippen LogP contribution in [0.15, 0.2) is 34.5 Å². The van der Waals surface area contributed by atoms with E-state index in [1.165, 1.54) is 4.31 Å². The van der Waals surface area contributed by atoms with Crippen LogP contribution in [0.4, 0.5) is 0 Å². The fraction of sp³-hybridized carbons (Fsp3) is 0.474. The predicted molar refractivity (Wildman–Crippen MR) is 109 cm³/mol. The average molecular weight is 440 g/mol. The van der Waals surface area contributed by atoms with E-state index in [4.69, 9.17) is 11.6 Å². The molecule has 28 heavy (non-hydrogen) atoms. The Bertz CT molecular complexity index is 964. The standard InChI is InChI=1S/C19H22ClN3O3S2/c20-16-3-1-2-4-17(16)28(25,26)23-9-7-14(8-10-23)19-22-15(12-27-19)11-21-18(24)13-5-6-13/h1-4,12-14H,5-11H2,(H,21,24). The highest BCUT2D eigenvalue weighted by Gasteiger charge is 2.32. The number of carbonyl (C=O) groups is 1. The van der Waals surface area contributed by atoms with Crippen molar-refractivity contribution < 1.29 is 13.2 Å². The van der Waals surface area contributed by atoms with Crippen LogP contribution < -0.4 is 5.32 Å². The molecule has 1 aromatic carbocycles. The Morgan fingerprint density at radius 1 is 1.21 bits per heavy atom. The van der Waals surface area contributed by atoms with Gasteiger partial charge in [-0.1, -0.05) is 23.7 Å². The summed E-state index contributed by atoms with van der Waals surface area (Å²) in [4.78, 5) is 16.6. The van der Waals surface area contributed by atoms with Gasteiger partial charge in [0.1, 0.15) is 4.90 Å². The van der Waals surface area contributed by atoms with E-state index < -0.39 is 10.0 Å². The number of nitrogens with one attached hydrogen (secondary N) is 1. The van der Waals surface area contributed by atoms with Gasteiger partial charge in [-0.25, -0.2) is 13.4 Å². The zero-order valence-corrected chi connectivity index (χ0v) is 17.7. The van der Waals surface area contributed by atoms with Gasteiger partial charge >= 0.3 is 0 Å². The van der Waals surface area contributed by atoms with Gasteiger partial charge < -0.3 is 5.32 Å². The second-order valence-corrected chi connectivity index (χ2v) is 10.5. The van der Waals surface area contributed by atoms with E-state index >= 15 is 0 Å². The van der Waals surface area contributed by atoms with Crippen LogP contribution in [0.2, 0.25) is 5.02 Å². The zero-order chi connectivity index (χ0) is 19.7. The molecule has 150 valence electrons. The molecule has 9 heteroatoms. The van der Waals surface area contributed by atoms with Crippen LogP contribution in [0.5, 0.6) is 0 Å². The number of rotatable bonds is 6. The fourth-order valence-corrected chi connectivity index (χ4v) is 6.35. The summed E-state index contributed by atoms with van der Waals surface area (Å²) in [5, 5.41) is 6.19. The Hall–Kier alpha value is -1.48. The summed E-state index contributed by atoms with van der Waals surface area (Å²) >= 11 is 7.67. The molecule has 1 saturated carbocycles. The lowest BCUT2D eigenvalue weighted by atomic mass is 9.99. The monoisotopic (exact) mass is 439 g/mol. The molecule has 1 aliphatic carbocycles. The molecule has 0 atom stereocenters. The first-order chi connectivity index (χ1) is 13.4. The van der Waals surface area contributed by atoms with Gasteiger partial charge in [0.2, 0.25) is 15.9 Å². The van der Waals surface area contributed by atoms with Gasteiger partial charge in [0.05, 0.1) is 22.3 Å². The highest BCUT2D eigenvalue weighted by molar-refractivity contribution is 7.89. The average Bonchev–Trinajstić information content (AvgIpc) is 3.44. The van der Waals surface area contributed by atoms with E-state index in [-0.39, 0.29) is 27.7 Å². The molecule has 1 N–H and O–H groups in total. The first-order valence-corrected chi connectivity index (χ1v) is 12.1. The number of amides is 1. The summed E-state index contributed by atoms with van der Waals surface area (Å²) in [6, 6.07) is 6.55. The Morgan fingerprint density at radius 2 is 1.93 bits per heavy atom. The largest absolute Gasteiger partial charge is 0.350 e. The Morgan fingerprint density at radius 3 is 2.61 bits per heavy atom. The third-order valence-corrected chi connectivity index (χ3v) is 8.67. The van der Waals surface area contributed by atoms with Crippen molar-refractivity contribution in [3.63, 3.8) is 0 Å². The van der Waals surface area contributed by atoms with Crippen molar-refractivity contribution in [1.82, 2.24) is 14.6 Å². The van der Waals surface area contributed by atoms with E-state index in [9.17, 15) is 13.2 Å². The van der Waals surface area contributed by atoms with Gasteiger partial charge in [0.15, 0.2) is 0 Å². The summed E-state index contributed by atoms with van der Waals surface area (Å²) in [5.41, 5.74) is 0.875. The Balaban J connectivity index is 1.35. The molecule has 1 aliphatic heterocycles. The summed E-state index contributed by atoms with van der Waals surface area (Å²) in [5.74, 6) is 0.561. The smallest absolute Gasteiger partial charge is 0.244 e. The first-order valence-electron chi connectivity index (χ1n) is 9.42. The predicted octanol–water partition coefficient (Wildman–Crippen LogP) is 3.39. The van der Waals surface area contributed by atoms with Crippen LogP contribution in [-0.2, 0) is 21.4 Å². The Labute approximate surface area is 174 Å². The van der Waals surface area contributed by atoms with Crippen molar-refractivity contribution in [3.8, 4) is 0 Å². The minimum Gasteiger partial charge on any atom is -0.350 e. The van der Waals surface area contributed by atoms with Crippen molar-refractivity contribution in [1.29, 1.82) is 0 Å². The summed E-state index contributed by atoms with van der Waals surface area (Å²) < 4.78 is 27.2. The number of thiazole rings is 1. The van der Waals surface area contributed by atoms with E-state index in [0.717, 1.165) is 36.4 Å². The van der Waals surface area contributed by atoms with Gasteiger partial charge in [0.25, 0.3) is 0 Å². The van der Waals surface area contributed by atoms with Crippen LogP contribution in [-0.4, -0.2) is 36.7 Å². The molecule has 2 heterocycles. The molecule has 0 bridgehead atoms. The lowest BCUT2D eigenvalue weighted by Crippen LogP contribution is -2.38. The van der Waals surface area contributed by atoms with Crippen LogP contribution in [0.25, 0.3) is 0 Å². The fourth-order valence-electron chi connectivity index (χ4n) is 3.39. The number of benzene rings is 1.